The fourth-order valence-electron chi connectivity index (χ4n) is 1.95. The van der Waals surface area contributed by atoms with Crippen LogP contribution in [0.3, 0.4) is 0 Å². The average Bonchev–Trinajstić information content (AvgIpc) is 2.47. The molecule has 1 aromatic heterocycles. The highest BCUT2D eigenvalue weighted by atomic mass is 32.2. The van der Waals surface area contributed by atoms with E-state index in [4.69, 9.17) is 0 Å². The first-order chi connectivity index (χ1) is 10.3. The number of benzene rings is 1. The van der Waals surface area contributed by atoms with Crippen molar-refractivity contribution in [3.05, 3.63) is 64.0 Å². The van der Waals surface area contributed by atoms with Crippen LogP contribution in [-0.2, 0) is 10.0 Å². The average molecular weight is 321 g/mol. The molecule has 1 aromatic carbocycles. The van der Waals surface area contributed by atoms with Crippen molar-refractivity contribution in [2.75, 3.05) is 0 Å². The summed E-state index contributed by atoms with van der Waals surface area (Å²) in [4.78, 5) is 14.3. The Morgan fingerprint density at radius 2 is 2.00 bits per heavy atom. The Kier molecular flexibility index (Phi) is 4.53. The molecule has 0 amide bonds. The zero-order valence-corrected chi connectivity index (χ0v) is 12.9. The Morgan fingerprint density at radius 3 is 2.59 bits per heavy atom. The molecule has 22 heavy (non-hydrogen) atoms. The summed E-state index contributed by atoms with van der Waals surface area (Å²) < 4.78 is 27.1. The molecule has 0 aliphatic heterocycles. The van der Waals surface area contributed by atoms with Crippen molar-refractivity contribution in [2.45, 2.75) is 24.8 Å². The van der Waals surface area contributed by atoms with Crippen molar-refractivity contribution in [3.8, 4) is 0 Å². The molecule has 0 aliphatic carbocycles. The molecule has 1 unspecified atom stereocenters. The van der Waals surface area contributed by atoms with Gasteiger partial charge in [-0.3, -0.25) is 15.1 Å². The van der Waals surface area contributed by atoms with Gasteiger partial charge in [0.05, 0.1) is 21.6 Å². The smallest absolute Gasteiger partial charge is 0.260 e. The van der Waals surface area contributed by atoms with E-state index < -0.39 is 21.0 Å². The SMILES string of the molecule is Cc1ccc(S(=O)(=O)NC(C)c2ccccn2)cc1[N+](=O)[O-]. The van der Waals surface area contributed by atoms with E-state index in [-0.39, 0.29) is 10.6 Å². The number of sulfonamides is 1. The zero-order valence-electron chi connectivity index (χ0n) is 12.1. The summed E-state index contributed by atoms with van der Waals surface area (Å²) in [7, 11) is -3.87. The van der Waals surface area contributed by atoms with Crippen LogP contribution in [0.4, 0.5) is 5.69 Å². The van der Waals surface area contributed by atoms with Gasteiger partial charge in [0, 0.05) is 17.8 Å². The molecule has 1 N–H and O–H groups in total. The Labute approximate surface area is 128 Å². The van der Waals surface area contributed by atoms with Crippen molar-refractivity contribution in [1.29, 1.82) is 0 Å². The van der Waals surface area contributed by atoms with E-state index in [2.05, 4.69) is 9.71 Å². The number of nitrogens with zero attached hydrogens (tertiary/aromatic N) is 2. The number of pyridine rings is 1. The standard InChI is InChI=1S/C14H15N3O4S/c1-10-6-7-12(9-14(10)17(18)19)22(20,21)16-11(2)13-5-3-4-8-15-13/h3-9,11,16H,1-2H3. The number of hydrogen-bond acceptors (Lipinski definition) is 5. The lowest BCUT2D eigenvalue weighted by Crippen LogP contribution is -2.27. The quantitative estimate of drug-likeness (QED) is 0.672. The third kappa shape index (κ3) is 3.46. The molecule has 0 spiro atoms. The molecular weight excluding hydrogens is 306 g/mol. The fraction of sp³-hybridized carbons (Fsp3) is 0.214. The molecular formula is C14H15N3O4S. The lowest BCUT2D eigenvalue weighted by Gasteiger charge is -2.13. The number of nitrogens with one attached hydrogen (secondary N) is 1. The highest BCUT2D eigenvalue weighted by Crippen LogP contribution is 2.23. The number of aryl methyl sites for hydroxylation is 1. The van der Waals surface area contributed by atoms with Gasteiger partial charge in [0.1, 0.15) is 0 Å². The summed E-state index contributed by atoms with van der Waals surface area (Å²) in [5.41, 5.74) is 0.739. The fourth-order valence-corrected chi connectivity index (χ4v) is 3.18. The van der Waals surface area contributed by atoms with Gasteiger partial charge in [-0.25, -0.2) is 13.1 Å². The molecule has 0 aliphatic rings. The van der Waals surface area contributed by atoms with Gasteiger partial charge in [-0.05, 0) is 32.0 Å². The van der Waals surface area contributed by atoms with Gasteiger partial charge in [-0.2, -0.15) is 0 Å². The van der Waals surface area contributed by atoms with Gasteiger partial charge < -0.3 is 0 Å². The first kappa shape index (κ1) is 16.1. The van der Waals surface area contributed by atoms with Gasteiger partial charge in [0.2, 0.25) is 10.0 Å². The Hall–Kier alpha value is -2.32. The van der Waals surface area contributed by atoms with Crippen molar-refractivity contribution in [2.24, 2.45) is 0 Å². The van der Waals surface area contributed by atoms with Crippen LogP contribution in [0.15, 0.2) is 47.5 Å². The van der Waals surface area contributed by atoms with Gasteiger partial charge in [-0.15, -0.1) is 0 Å². The van der Waals surface area contributed by atoms with Crippen molar-refractivity contribution >= 4 is 15.7 Å². The minimum absolute atomic E-state index is 0.146. The monoisotopic (exact) mass is 321 g/mol. The third-order valence-corrected chi connectivity index (χ3v) is 4.69. The third-order valence-electron chi connectivity index (χ3n) is 3.15. The Bertz CT molecular complexity index is 791. The highest BCUT2D eigenvalue weighted by Gasteiger charge is 2.22. The van der Waals surface area contributed by atoms with Crippen LogP contribution in [0, 0.1) is 17.0 Å². The first-order valence-electron chi connectivity index (χ1n) is 6.49. The summed E-state index contributed by atoms with van der Waals surface area (Å²) in [6.45, 7) is 3.21. The summed E-state index contributed by atoms with van der Waals surface area (Å²) in [5, 5.41) is 10.9. The number of nitro benzene ring substituents is 1. The van der Waals surface area contributed by atoms with Crippen molar-refractivity contribution < 1.29 is 13.3 Å². The maximum Gasteiger partial charge on any atom is 0.273 e. The molecule has 0 radical (unpaired) electrons. The predicted molar refractivity (Wildman–Crippen MR) is 80.8 cm³/mol. The number of hydrogen-bond donors (Lipinski definition) is 1. The van der Waals surface area contributed by atoms with Crippen molar-refractivity contribution in [3.63, 3.8) is 0 Å². The van der Waals surface area contributed by atoms with E-state index in [1.54, 1.807) is 38.2 Å². The Balaban J connectivity index is 2.31. The van der Waals surface area contributed by atoms with Gasteiger partial charge >= 0.3 is 0 Å². The topological polar surface area (TPSA) is 102 Å². The second-order valence-corrected chi connectivity index (χ2v) is 6.52. The molecule has 7 nitrogen and oxygen atoms in total. The first-order valence-corrected chi connectivity index (χ1v) is 7.98. The lowest BCUT2D eigenvalue weighted by molar-refractivity contribution is -0.385. The van der Waals surface area contributed by atoms with Gasteiger partial charge in [-0.1, -0.05) is 12.1 Å². The minimum atomic E-state index is -3.87. The molecule has 0 fully saturated rings. The molecule has 0 bridgehead atoms. The van der Waals surface area contributed by atoms with Gasteiger partial charge in [0.15, 0.2) is 0 Å². The van der Waals surface area contributed by atoms with E-state index in [1.165, 1.54) is 12.1 Å². The molecule has 0 saturated heterocycles. The maximum atomic E-state index is 12.3. The largest absolute Gasteiger partial charge is 0.273 e. The Morgan fingerprint density at radius 1 is 1.27 bits per heavy atom. The molecule has 2 aromatic rings. The van der Waals surface area contributed by atoms with E-state index in [1.807, 2.05) is 0 Å². The number of aromatic nitrogens is 1. The maximum absolute atomic E-state index is 12.3. The van der Waals surface area contributed by atoms with E-state index >= 15 is 0 Å². The summed E-state index contributed by atoms with van der Waals surface area (Å²) in [6.07, 6.45) is 1.57. The molecule has 1 heterocycles. The summed E-state index contributed by atoms with van der Waals surface area (Å²) in [6, 6.07) is 8.45. The van der Waals surface area contributed by atoms with Crippen LogP contribution in [0.25, 0.3) is 0 Å². The summed E-state index contributed by atoms with van der Waals surface area (Å²) in [5.74, 6) is 0. The van der Waals surface area contributed by atoms with E-state index in [0.29, 0.717) is 11.3 Å². The van der Waals surface area contributed by atoms with E-state index in [0.717, 1.165) is 6.07 Å². The zero-order chi connectivity index (χ0) is 16.3. The number of nitro groups is 1. The molecule has 0 saturated carbocycles. The molecule has 1 atom stereocenters. The van der Waals surface area contributed by atoms with Crippen LogP contribution >= 0.6 is 0 Å². The van der Waals surface area contributed by atoms with Crippen LogP contribution in [0.1, 0.15) is 24.2 Å². The van der Waals surface area contributed by atoms with E-state index in [9.17, 15) is 18.5 Å². The second-order valence-electron chi connectivity index (χ2n) is 4.80. The van der Waals surface area contributed by atoms with Crippen LogP contribution in [0.2, 0.25) is 0 Å². The highest BCUT2D eigenvalue weighted by molar-refractivity contribution is 7.89. The number of rotatable bonds is 5. The van der Waals surface area contributed by atoms with Crippen LogP contribution in [-0.4, -0.2) is 18.3 Å². The summed E-state index contributed by atoms with van der Waals surface area (Å²) >= 11 is 0. The predicted octanol–water partition coefficient (Wildman–Crippen LogP) is 2.34. The second kappa shape index (κ2) is 6.20. The van der Waals surface area contributed by atoms with Crippen LogP contribution in [0.5, 0.6) is 0 Å². The normalized spacial score (nSPS) is 12.8. The molecule has 8 heteroatoms. The van der Waals surface area contributed by atoms with Crippen LogP contribution < -0.4 is 4.72 Å². The molecule has 2 rings (SSSR count). The lowest BCUT2D eigenvalue weighted by atomic mass is 10.2. The minimum Gasteiger partial charge on any atom is -0.260 e. The van der Waals surface area contributed by atoms with Crippen molar-refractivity contribution in [1.82, 2.24) is 9.71 Å². The van der Waals surface area contributed by atoms with Gasteiger partial charge in [0.25, 0.3) is 5.69 Å². The molecule has 116 valence electrons.